The Labute approximate surface area is 219 Å². The number of rotatable bonds is 7. The molecule has 1 aliphatic heterocycles. The van der Waals surface area contributed by atoms with Crippen LogP contribution in [-0.4, -0.2) is 45.9 Å². The number of nitrogens with one attached hydrogen (secondary N) is 2. The number of hydrogen-bond acceptors (Lipinski definition) is 8. The van der Waals surface area contributed by atoms with Crippen LogP contribution in [-0.2, 0) is 16.0 Å². The fraction of sp³-hybridized carbons (Fsp3) is 0.400. The monoisotopic (exact) mass is 527 g/mol. The molecule has 11 heteroatoms. The van der Waals surface area contributed by atoms with Gasteiger partial charge in [0.2, 0.25) is 11.8 Å². The van der Waals surface area contributed by atoms with Gasteiger partial charge >= 0.3 is 6.03 Å². The quantitative estimate of drug-likeness (QED) is 0.261. The smallest absolute Gasteiger partial charge is 0.444 e. The lowest BCUT2D eigenvalue weighted by molar-refractivity contribution is -0.578. The lowest BCUT2D eigenvalue weighted by Gasteiger charge is -2.27. The SMILES string of the molecule is C=CC(=O)Nc1cc[n+](C(=O)N2CCC[C@H](Nc3ncc(SCc4ncc(C(C)(C)C)o4)s3)C2)cc1. The highest BCUT2D eigenvalue weighted by Crippen LogP contribution is 2.32. The van der Waals surface area contributed by atoms with Crippen molar-refractivity contribution in [1.82, 2.24) is 14.9 Å². The number of piperidine rings is 1. The third-order valence-corrected chi connectivity index (χ3v) is 7.75. The Kier molecular flexibility index (Phi) is 8.10. The molecule has 0 saturated carbocycles. The Balaban J connectivity index is 1.29. The zero-order valence-corrected chi connectivity index (χ0v) is 22.3. The third kappa shape index (κ3) is 6.73. The summed E-state index contributed by atoms with van der Waals surface area (Å²) in [6, 6.07) is 3.41. The Bertz CT molecular complexity index is 1220. The maximum atomic E-state index is 13.0. The van der Waals surface area contributed by atoms with Crippen LogP contribution in [0.5, 0.6) is 0 Å². The first-order valence-electron chi connectivity index (χ1n) is 11.8. The second-order valence-corrected chi connectivity index (χ2v) is 11.8. The molecule has 1 saturated heterocycles. The normalized spacial score (nSPS) is 16.0. The lowest BCUT2D eigenvalue weighted by atomic mass is 9.94. The van der Waals surface area contributed by atoms with Gasteiger partial charge in [0, 0.05) is 23.2 Å². The number of likely N-dealkylation sites (tertiary alicyclic amines) is 1. The van der Waals surface area contributed by atoms with Crippen LogP contribution in [0, 0.1) is 0 Å². The van der Waals surface area contributed by atoms with Crippen molar-refractivity contribution in [3.8, 4) is 0 Å². The van der Waals surface area contributed by atoms with Gasteiger partial charge in [0.1, 0.15) is 24.7 Å². The van der Waals surface area contributed by atoms with Crippen LogP contribution in [0.2, 0.25) is 0 Å². The van der Waals surface area contributed by atoms with E-state index in [1.807, 2.05) is 11.1 Å². The molecule has 0 unspecified atom stereocenters. The van der Waals surface area contributed by atoms with E-state index in [9.17, 15) is 9.59 Å². The van der Waals surface area contributed by atoms with Crippen molar-refractivity contribution < 1.29 is 18.6 Å². The molecule has 0 spiro atoms. The number of oxazole rings is 1. The van der Waals surface area contributed by atoms with Gasteiger partial charge in [0.05, 0.1) is 34.9 Å². The van der Waals surface area contributed by atoms with Crippen molar-refractivity contribution in [3.05, 3.63) is 61.2 Å². The van der Waals surface area contributed by atoms with Gasteiger partial charge in [0.25, 0.3) is 0 Å². The molecule has 0 radical (unpaired) electrons. The predicted molar refractivity (Wildman–Crippen MR) is 141 cm³/mol. The minimum absolute atomic E-state index is 0.0578. The van der Waals surface area contributed by atoms with E-state index >= 15 is 0 Å². The lowest BCUT2D eigenvalue weighted by Crippen LogP contribution is -2.56. The minimum atomic E-state index is -0.292. The number of amides is 2. The van der Waals surface area contributed by atoms with Crippen LogP contribution in [0.15, 0.2) is 58.2 Å². The Morgan fingerprint density at radius 1 is 1.31 bits per heavy atom. The van der Waals surface area contributed by atoms with Gasteiger partial charge < -0.3 is 15.1 Å². The van der Waals surface area contributed by atoms with E-state index in [2.05, 4.69) is 48.0 Å². The van der Waals surface area contributed by atoms with E-state index < -0.39 is 0 Å². The molecule has 190 valence electrons. The van der Waals surface area contributed by atoms with Crippen molar-refractivity contribution >= 4 is 45.9 Å². The molecule has 2 N–H and O–H groups in total. The van der Waals surface area contributed by atoms with Crippen molar-refractivity contribution in [2.75, 3.05) is 23.7 Å². The van der Waals surface area contributed by atoms with E-state index in [1.165, 1.54) is 10.6 Å². The van der Waals surface area contributed by atoms with Crippen molar-refractivity contribution in [1.29, 1.82) is 0 Å². The topological polar surface area (TPSA) is 104 Å². The van der Waals surface area contributed by atoms with Crippen LogP contribution in [0.4, 0.5) is 15.6 Å². The van der Waals surface area contributed by atoms with E-state index in [1.54, 1.807) is 53.8 Å². The van der Waals surface area contributed by atoms with Crippen molar-refractivity contribution in [2.45, 2.75) is 55.0 Å². The summed E-state index contributed by atoms with van der Waals surface area (Å²) in [4.78, 5) is 35.2. The fourth-order valence-corrected chi connectivity index (χ4v) is 5.49. The molecule has 3 aromatic rings. The third-order valence-electron chi connectivity index (χ3n) is 5.64. The molecular formula is C25H31N6O3S2+. The minimum Gasteiger partial charge on any atom is -0.444 e. The van der Waals surface area contributed by atoms with Crippen LogP contribution >= 0.6 is 23.1 Å². The molecule has 0 bridgehead atoms. The molecule has 1 fully saturated rings. The summed E-state index contributed by atoms with van der Waals surface area (Å²) in [7, 11) is 0. The van der Waals surface area contributed by atoms with Crippen LogP contribution in [0.3, 0.4) is 0 Å². The number of carbonyl (C=O) groups is 2. The zero-order valence-electron chi connectivity index (χ0n) is 20.7. The van der Waals surface area contributed by atoms with E-state index in [0.717, 1.165) is 27.9 Å². The van der Waals surface area contributed by atoms with Crippen LogP contribution in [0.1, 0.15) is 45.3 Å². The highest BCUT2D eigenvalue weighted by molar-refractivity contribution is 8.00. The summed E-state index contributed by atoms with van der Waals surface area (Å²) in [5.41, 5.74) is 0.551. The van der Waals surface area contributed by atoms with Gasteiger partial charge in [-0.15, -0.1) is 11.8 Å². The highest BCUT2D eigenvalue weighted by atomic mass is 32.2. The fourth-order valence-electron chi connectivity index (χ4n) is 3.69. The van der Waals surface area contributed by atoms with Gasteiger partial charge in [0.15, 0.2) is 5.13 Å². The number of carbonyl (C=O) groups excluding carboxylic acids is 2. The molecular weight excluding hydrogens is 496 g/mol. The standard InChI is InChI=1S/C25H30N6O3S2/c1-5-20(32)28-17-8-11-30(12-9-17)24(33)31-10-6-7-18(15-31)29-23-27-14-22(36-23)35-16-21-26-13-19(34-21)25(2,3)4/h5,8-9,11-14,18H,1,6-7,10,15-16H2,2-4H3,(H,27,29)/p+1/t18-/m0/s1. The first-order valence-corrected chi connectivity index (χ1v) is 13.6. The molecule has 1 aliphatic rings. The van der Waals surface area contributed by atoms with Crippen LogP contribution in [0.25, 0.3) is 0 Å². The Morgan fingerprint density at radius 2 is 2.08 bits per heavy atom. The predicted octanol–water partition coefficient (Wildman–Crippen LogP) is 4.68. The first kappa shape index (κ1) is 25.9. The molecule has 4 heterocycles. The van der Waals surface area contributed by atoms with Crippen molar-refractivity contribution in [2.24, 2.45) is 0 Å². The second-order valence-electron chi connectivity index (χ2n) is 9.54. The average Bonchev–Trinajstić information content (AvgIpc) is 3.52. The molecule has 3 aromatic heterocycles. The number of nitrogens with zero attached hydrogens (tertiary/aromatic N) is 4. The number of pyridine rings is 1. The van der Waals surface area contributed by atoms with E-state index in [0.29, 0.717) is 30.4 Å². The highest BCUT2D eigenvalue weighted by Gasteiger charge is 2.31. The average molecular weight is 528 g/mol. The molecule has 0 aliphatic carbocycles. The van der Waals surface area contributed by atoms with Gasteiger partial charge in [-0.1, -0.05) is 38.7 Å². The number of thiazole rings is 1. The summed E-state index contributed by atoms with van der Waals surface area (Å²) in [6.45, 7) is 11.0. The van der Waals surface area contributed by atoms with Gasteiger partial charge in [-0.05, 0) is 18.9 Å². The molecule has 36 heavy (non-hydrogen) atoms. The molecule has 1 atom stereocenters. The number of hydrogen-bond donors (Lipinski definition) is 2. The second kappa shape index (κ2) is 11.3. The molecule has 9 nitrogen and oxygen atoms in total. The summed E-state index contributed by atoms with van der Waals surface area (Å²) >= 11 is 3.24. The first-order chi connectivity index (χ1) is 17.2. The van der Waals surface area contributed by atoms with E-state index in [4.69, 9.17) is 4.42 Å². The summed E-state index contributed by atoms with van der Waals surface area (Å²) in [6.07, 6.45) is 10.1. The maximum absolute atomic E-state index is 13.0. The molecule has 2 amide bonds. The van der Waals surface area contributed by atoms with Gasteiger partial charge in [-0.3, -0.25) is 4.79 Å². The number of anilines is 2. The molecule has 0 aromatic carbocycles. The summed E-state index contributed by atoms with van der Waals surface area (Å²) < 4.78 is 8.48. The molecule has 4 rings (SSSR count). The number of thioether (sulfide) groups is 1. The maximum Gasteiger partial charge on any atom is 0.497 e. The van der Waals surface area contributed by atoms with Crippen molar-refractivity contribution in [3.63, 3.8) is 0 Å². The summed E-state index contributed by atoms with van der Waals surface area (Å²) in [5, 5.41) is 7.01. The number of aromatic nitrogens is 3. The zero-order chi connectivity index (χ0) is 25.7. The largest absolute Gasteiger partial charge is 0.497 e. The Hall–Kier alpha value is -3.18. The van der Waals surface area contributed by atoms with Crippen LogP contribution < -0.4 is 15.2 Å². The van der Waals surface area contributed by atoms with E-state index in [-0.39, 0.29) is 23.4 Å². The summed E-state index contributed by atoms with van der Waals surface area (Å²) in [5.74, 6) is 1.95. The van der Waals surface area contributed by atoms with Gasteiger partial charge in [-0.25, -0.2) is 14.9 Å². The Morgan fingerprint density at radius 3 is 2.78 bits per heavy atom. The van der Waals surface area contributed by atoms with Gasteiger partial charge in [-0.2, -0.15) is 9.36 Å².